The Bertz CT molecular complexity index is 964. The van der Waals surface area contributed by atoms with Crippen LogP contribution in [0.25, 0.3) is 0 Å². The number of halogens is 6. The summed E-state index contributed by atoms with van der Waals surface area (Å²) in [6.45, 7) is 3.37. The van der Waals surface area contributed by atoms with Gasteiger partial charge >= 0.3 is 6.18 Å². The van der Waals surface area contributed by atoms with Crippen LogP contribution in [0.1, 0.15) is 67.2 Å². The van der Waals surface area contributed by atoms with Gasteiger partial charge < -0.3 is 4.74 Å². The lowest BCUT2D eigenvalue weighted by atomic mass is 9.80. The Kier molecular flexibility index (Phi) is 7.02. The zero-order valence-electron chi connectivity index (χ0n) is 17.3. The van der Waals surface area contributed by atoms with Gasteiger partial charge in [0.05, 0.1) is 6.61 Å². The first-order chi connectivity index (χ1) is 14.7. The molecule has 3 rings (SSSR count). The summed E-state index contributed by atoms with van der Waals surface area (Å²) in [5.74, 6) is -4.67. The van der Waals surface area contributed by atoms with Crippen LogP contribution in [0.4, 0.5) is 26.3 Å². The summed E-state index contributed by atoms with van der Waals surface area (Å²) >= 11 is 0. The number of ether oxygens (including phenoxy) is 1. The van der Waals surface area contributed by atoms with E-state index in [0.717, 1.165) is 6.07 Å². The van der Waals surface area contributed by atoms with E-state index in [1.165, 1.54) is 13.0 Å². The summed E-state index contributed by atoms with van der Waals surface area (Å²) in [6, 6.07) is 5.55. The number of hydrogen-bond donors (Lipinski definition) is 0. The smallest absolute Gasteiger partial charge is 0.422 e. The van der Waals surface area contributed by atoms with Crippen molar-refractivity contribution in [1.29, 1.82) is 0 Å². The molecular formula is C24H24F6O. The fourth-order valence-corrected chi connectivity index (χ4v) is 4.09. The van der Waals surface area contributed by atoms with Crippen LogP contribution >= 0.6 is 0 Å². The average molecular weight is 442 g/mol. The molecule has 0 saturated heterocycles. The molecule has 2 aromatic carbocycles. The maximum absolute atomic E-state index is 14.8. The Morgan fingerprint density at radius 3 is 1.94 bits per heavy atom. The van der Waals surface area contributed by atoms with Crippen LogP contribution < -0.4 is 4.74 Å². The predicted molar refractivity (Wildman–Crippen MR) is 107 cm³/mol. The molecule has 1 aliphatic rings. The van der Waals surface area contributed by atoms with Crippen LogP contribution in [-0.2, 0) is 12.6 Å². The lowest BCUT2D eigenvalue weighted by Crippen LogP contribution is -2.16. The van der Waals surface area contributed by atoms with E-state index in [0.29, 0.717) is 31.2 Å². The Hall–Kier alpha value is -2.44. The Balaban J connectivity index is 1.89. The Morgan fingerprint density at radius 1 is 0.839 bits per heavy atom. The zero-order chi connectivity index (χ0) is 22.8. The minimum absolute atomic E-state index is 0.0218. The van der Waals surface area contributed by atoms with Crippen LogP contribution in [0.15, 0.2) is 36.4 Å². The number of benzene rings is 2. The highest BCUT2D eigenvalue weighted by atomic mass is 19.4. The van der Waals surface area contributed by atoms with Gasteiger partial charge in [-0.3, -0.25) is 0 Å². The molecule has 2 unspecified atom stereocenters. The number of alkyl halides is 3. The molecule has 0 fully saturated rings. The van der Waals surface area contributed by atoms with E-state index in [1.54, 1.807) is 24.3 Å². The molecule has 168 valence electrons. The van der Waals surface area contributed by atoms with E-state index in [-0.39, 0.29) is 17.7 Å². The van der Waals surface area contributed by atoms with Crippen LogP contribution in [0.3, 0.4) is 0 Å². The van der Waals surface area contributed by atoms with E-state index < -0.39 is 46.8 Å². The van der Waals surface area contributed by atoms with Crippen molar-refractivity contribution >= 4 is 0 Å². The molecule has 7 heteroatoms. The van der Waals surface area contributed by atoms with Crippen LogP contribution in [-0.4, -0.2) is 6.61 Å². The number of aryl methyl sites for hydroxylation is 1. The minimum atomic E-state index is -4.90. The lowest BCUT2D eigenvalue weighted by Gasteiger charge is -2.26. The first-order valence-corrected chi connectivity index (χ1v) is 10.4. The van der Waals surface area contributed by atoms with Crippen molar-refractivity contribution in [3.63, 3.8) is 0 Å². The molecule has 0 aliphatic heterocycles. The normalized spacial score (nSPS) is 19.0. The van der Waals surface area contributed by atoms with Gasteiger partial charge in [0.25, 0.3) is 0 Å². The summed E-state index contributed by atoms with van der Waals surface area (Å²) in [5, 5.41) is 0. The van der Waals surface area contributed by atoms with E-state index in [4.69, 9.17) is 4.74 Å². The standard InChI is InChI=1S/C24H24F6O/c1-3-5-16-10-11-18(23(27)21(16)25)15-8-6-14(7-9-15)17-12-13-19(31-4-2)20(22(17)26)24(28,29)30/h6,8,10-15H,3-5,7,9H2,1-2H3. The van der Waals surface area contributed by atoms with Gasteiger partial charge in [0.15, 0.2) is 11.6 Å². The summed E-state index contributed by atoms with van der Waals surface area (Å²) < 4.78 is 88.9. The van der Waals surface area contributed by atoms with Crippen LogP contribution in [0, 0.1) is 17.5 Å². The van der Waals surface area contributed by atoms with Gasteiger partial charge in [0.1, 0.15) is 17.1 Å². The van der Waals surface area contributed by atoms with Gasteiger partial charge in [-0.2, -0.15) is 13.2 Å². The number of rotatable bonds is 6. The van der Waals surface area contributed by atoms with Crippen molar-refractivity contribution in [3.8, 4) is 5.75 Å². The van der Waals surface area contributed by atoms with E-state index in [9.17, 15) is 26.3 Å². The van der Waals surface area contributed by atoms with Crippen LogP contribution in [0.2, 0.25) is 0 Å². The third kappa shape index (κ3) is 4.75. The molecule has 0 aromatic heterocycles. The molecule has 0 heterocycles. The fourth-order valence-electron chi connectivity index (χ4n) is 4.09. The van der Waals surface area contributed by atoms with Crippen molar-refractivity contribution < 1.29 is 31.1 Å². The maximum atomic E-state index is 14.8. The van der Waals surface area contributed by atoms with E-state index in [2.05, 4.69) is 0 Å². The van der Waals surface area contributed by atoms with Crippen molar-refractivity contribution in [1.82, 2.24) is 0 Å². The molecule has 2 atom stereocenters. The third-order valence-corrected chi connectivity index (χ3v) is 5.59. The molecule has 0 saturated carbocycles. The summed E-state index contributed by atoms with van der Waals surface area (Å²) in [6.07, 6.45) is 0.0870. The van der Waals surface area contributed by atoms with Gasteiger partial charge in [0.2, 0.25) is 0 Å². The first kappa shape index (κ1) is 23.2. The van der Waals surface area contributed by atoms with Crippen LogP contribution in [0.5, 0.6) is 5.75 Å². The monoisotopic (exact) mass is 442 g/mol. The third-order valence-electron chi connectivity index (χ3n) is 5.59. The molecule has 0 bridgehead atoms. The molecule has 0 N–H and O–H groups in total. The van der Waals surface area contributed by atoms with Gasteiger partial charge in [-0.05, 0) is 48.9 Å². The van der Waals surface area contributed by atoms with E-state index in [1.807, 2.05) is 6.92 Å². The van der Waals surface area contributed by atoms with Crippen molar-refractivity contribution in [2.45, 2.75) is 57.5 Å². The molecule has 0 spiro atoms. The second kappa shape index (κ2) is 9.37. The van der Waals surface area contributed by atoms with Gasteiger partial charge in [0, 0.05) is 11.8 Å². The predicted octanol–water partition coefficient (Wildman–Crippen LogP) is 7.69. The van der Waals surface area contributed by atoms with Crippen molar-refractivity contribution in [2.24, 2.45) is 0 Å². The zero-order valence-corrected chi connectivity index (χ0v) is 17.3. The van der Waals surface area contributed by atoms with Gasteiger partial charge in [-0.1, -0.05) is 43.7 Å². The van der Waals surface area contributed by atoms with Gasteiger partial charge in [-0.25, -0.2) is 13.2 Å². The quantitative estimate of drug-likeness (QED) is 0.329. The van der Waals surface area contributed by atoms with Crippen molar-refractivity contribution in [3.05, 3.63) is 76.1 Å². The SMILES string of the molecule is CCCc1ccc(C2C=CC(c3ccc(OCC)c(C(F)(F)F)c3F)CC2)c(F)c1F. The number of allylic oxidation sites excluding steroid dienone is 2. The Morgan fingerprint density at radius 2 is 1.42 bits per heavy atom. The fraction of sp³-hybridized carbons (Fsp3) is 0.417. The maximum Gasteiger partial charge on any atom is 0.422 e. The summed E-state index contributed by atoms with van der Waals surface area (Å²) in [5.41, 5.74) is -0.981. The molecule has 0 amide bonds. The molecule has 1 aliphatic carbocycles. The topological polar surface area (TPSA) is 9.23 Å². The minimum Gasteiger partial charge on any atom is -0.493 e. The Labute approximate surface area is 177 Å². The molecule has 31 heavy (non-hydrogen) atoms. The lowest BCUT2D eigenvalue weighted by molar-refractivity contribution is -0.141. The molecule has 2 aromatic rings. The highest BCUT2D eigenvalue weighted by molar-refractivity contribution is 5.44. The second-order valence-corrected chi connectivity index (χ2v) is 7.64. The summed E-state index contributed by atoms with van der Waals surface area (Å²) in [7, 11) is 0. The molecule has 1 nitrogen and oxygen atoms in total. The second-order valence-electron chi connectivity index (χ2n) is 7.64. The highest BCUT2D eigenvalue weighted by Crippen LogP contribution is 2.43. The molecular weight excluding hydrogens is 418 g/mol. The molecule has 0 radical (unpaired) electrons. The highest BCUT2D eigenvalue weighted by Gasteiger charge is 2.40. The summed E-state index contributed by atoms with van der Waals surface area (Å²) in [4.78, 5) is 0. The first-order valence-electron chi connectivity index (χ1n) is 10.4. The largest absolute Gasteiger partial charge is 0.493 e. The van der Waals surface area contributed by atoms with E-state index >= 15 is 0 Å². The van der Waals surface area contributed by atoms with Crippen molar-refractivity contribution in [2.75, 3.05) is 6.61 Å². The van der Waals surface area contributed by atoms with Gasteiger partial charge in [-0.15, -0.1) is 0 Å². The average Bonchev–Trinajstić information content (AvgIpc) is 2.71. The number of hydrogen-bond acceptors (Lipinski definition) is 1.